The minimum absolute atomic E-state index is 0.372. The van der Waals surface area contributed by atoms with Crippen LogP contribution in [-0.4, -0.2) is 11.6 Å². The average Bonchev–Trinajstić information content (AvgIpc) is 2.16. The van der Waals surface area contributed by atoms with E-state index in [-0.39, 0.29) is 0 Å². The lowest BCUT2D eigenvalue weighted by atomic mass is 10.1. The van der Waals surface area contributed by atoms with Crippen molar-refractivity contribution >= 4 is 28.3 Å². The smallest absolute Gasteiger partial charge is 0.150 e. The molecule has 1 rings (SSSR count). The van der Waals surface area contributed by atoms with Gasteiger partial charge in [-0.15, -0.1) is 0 Å². The Hall–Kier alpha value is -0.960. The number of allylic oxidation sites excluding steroid dienone is 1. The van der Waals surface area contributed by atoms with Gasteiger partial charge in [-0.3, -0.25) is 4.79 Å². The van der Waals surface area contributed by atoms with E-state index in [1.807, 2.05) is 6.08 Å². The summed E-state index contributed by atoms with van der Waals surface area (Å²) in [5, 5.41) is 0.711. The molecule has 0 unspecified atom stereocenters. The van der Waals surface area contributed by atoms with E-state index >= 15 is 0 Å². The van der Waals surface area contributed by atoms with Crippen LogP contribution in [0.5, 0.6) is 0 Å². The summed E-state index contributed by atoms with van der Waals surface area (Å²) in [6, 6.07) is 4.14. The normalized spacial score (nSPS) is 10.6. The van der Waals surface area contributed by atoms with Gasteiger partial charge in [0.1, 0.15) is 5.82 Å². The number of halogens is 2. The number of hydrogen-bond donors (Lipinski definition) is 0. The zero-order valence-electron chi connectivity index (χ0n) is 6.84. The summed E-state index contributed by atoms with van der Waals surface area (Å²) in [4.78, 5) is 10.5. The molecule has 68 valence electrons. The van der Waals surface area contributed by atoms with Crippen molar-refractivity contribution in [3.05, 3.63) is 41.2 Å². The Morgan fingerprint density at radius 3 is 2.77 bits per heavy atom. The molecule has 0 N–H and O–H groups in total. The van der Waals surface area contributed by atoms with Gasteiger partial charge in [-0.2, -0.15) is 0 Å². The average molecular weight is 243 g/mol. The van der Waals surface area contributed by atoms with Crippen LogP contribution in [-0.2, 0) is 0 Å². The maximum Gasteiger partial charge on any atom is 0.150 e. The van der Waals surface area contributed by atoms with Crippen LogP contribution in [0.25, 0.3) is 6.08 Å². The molecule has 0 bridgehead atoms. The second kappa shape index (κ2) is 4.92. The van der Waals surface area contributed by atoms with E-state index in [1.54, 1.807) is 12.1 Å². The van der Waals surface area contributed by atoms with E-state index in [2.05, 4.69) is 15.9 Å². The Morgan fingerprint density at radius 1 is 1.38 bits per heavy atom. The SMILES string of the molecule is O=Cc1cc(F)ccc1C=CCBr. The largest absolute Gasteiger partial charge is 0.298 e. The van der Waals surface area contributed by atoms with Crippen LogP contribution < -0.4 is 0 Å². The molecule has 0 amide bonds. The van der Waals surface area contributed by atoms with Crippen LogP contribution in [0, 0.1) is 5.82 Å². The molecule has 0 saturated carbocycles. The molecule has 1 aromatic carbocycles. The van der Waals surface area contributed by atoms with Crippen molar-refractivity contribution in [2.24, 2.45) is 0 Å². The van der Waals surface area contributed by atoms with Crippen LogP contribution in [0.2, 0.25) is 0 Å². The molecule has 0 aliphatic rings. The fourth-order valence-electron chi connectivity index (χ4n) is 0.971. The van der Waals surface area contributed by atoms with Crippen molar-refractivity contribution in [2.75, 3.05) is 5.33 Å². The van der Waals surface area contributed by atoms with Gasteiger partial charge in [-0.05, 0) is 17.7 Å². The monoisotopic (exact) mass is 242 g/mol. The van der Waals surface area contributed by atoms with Crippen LogP contribution in [0.1, 0.15) is 15.9 Å². The Labute approximate surface area is 84.4 Å². The molecule has 0 radical (unpaired) electrons. The van der Waals surface area contributed by atoms with Crippen molar-refractivity contribution in [1.29, 1.82) is 0 Å². The quantitative estimate of drug-likeness (QED) is 0.589. The molecule has 13 heavy (non-hydrogen) atoms. The predicted octanol–water partition coefficient (Wildman–Crippen LogP) is 3.05. The van der Waals surface area contributed by atoms with E-state index in [0.717, 1.165) is 5.56 Å². The second-order valence-electron chi connectivity index (χ2n) is 2.45. The Kier molecular flexibility index (Phi) is 3.83. The molecular weight excluding hydrogens is 235 g/mol. The van der Waals surface area contributed by atoms with Crippen LogP contribution >= 0.6 is 15.9 Å². The Balaban J connectivity index is 3.06. The molecule has 0 spiro atoms. The molecule has 0 aliphatic carbocycles. The topological polar surface area (TPSA) is 17.1 Å². The third-order valence-corrected chi connectivity index (χ3v) is 1.94. The highest BCUT2D eigenvalue weighted by Gasteiger charge is 1.99. The van der Waals surface area contributed by atoms with Gasteiger partial charge in [0.05, 0.1) is 0 Å². The van der Waals surface area contributed by atoms with Crippen molar-refractivity contribution < 1.29 is 9.18 Å². The first kappa shape index (κ1) is 10.1. The van der Waals surface area contributed by atoms with E-state index in [9.17, 15) is 9.18 Å². The fraction of sp³-hybridized carbons (Fsp3) is 0.100. The molecule has 1 nitrogen and oxygen atoms in total. The van der Waals surface area contributed by atoms with Crippen molar-refractivity contribution in [3.8, 4) is 0 Å². The minimum atomic E-state index is -0.391. The number of alkyl halides is 1. The molecule has 0 aliphatic heterocycles. The summed E-state index contributed by atoms with van der Waals surface area (Å²) < 4.78 is 12.7. The number of carbonyl (C=O) groups excluding carboxylic acids is 1. The van der Waals surface area contributed by atoms with Gasteiger partial charge in [0, 0.05) is 10.9 Å². The maximum atomic E-state index is 12.7. The van der Waals surface area contributed by atoms with Gasteiger partial charge in [0.15, 0.2) is 6.29 Å². The van der Waals surface area contributed by atoms with Gasteiger partial charge in [0.2, 0.25) is 0 Å². The summed E-state index contributed by atoms with van der Waals surface area (Å²) >= 11 is 3.22. The highest BCUT2D eigenvalue weighted by Crippen LogP contribution is 2.11. The minimum Gasteiger partial charge on any atom is -0.298 e. The lowest BCUT2D eigenvalue weighted by Gasteiger charge is -1.97. The fourth-order valence-corrected chi connectivity index (χ4v) is 1.16. The van der Waals surface area contributed by atoms with Crippen LogP contribution in [0.4, 0.5) is 4.39 Å². The molecule has 0 heterocycles. The Morgan fingerprint density at radius 2 is 2.15 bits per heavy atom. The molecular formula is C10H8BrFO. The first-order valence-corrected chi connectivity index (χ1v) is 4.87. The summed E-state index contributed by atoms with van der Waals surface area (Å²) in [5.41, 5.74) is 1.10. The highest BCUT2D eigenvalue weighted by atomic mass is 79.9. The molecule has 1 aromatic rings. The summed E-state index contributed by atoms with van der Waals surface area (Å²) in [6.07, 6.45) is 4.27. The predicted molar refractivity (Wildman–Crippen MR) is 54.6 cm³/mol. The maximum absolute atomic E-state index is 12.7. The van der Waals surface area contributed by atoms with Crippen molar-refractivity contribution in [2.45, 2.75) is 0 Å². The zero-order chi connectivity index (χ0) is 9.68. The first-order chi connectivity index (χ1) is 6.27. The summed E-state index contributed by atoms with van der Waals surface area (Å²) in [7, 11) is 0. The van der Waals surface area contributed by atoms with E-state index in [4.69, 9.17) is 0 Å². The van der Waals surface area contributed by atoms with Crippen LogP contribution in [0.15, 0.2) is 24.3 Å². The van der Waals surface area contributed by atoms with Gasteiger partial charge < -0.3 is 0 Å². The molecule has 0 atom stereocenters. The van der Waals surface area contributed by atoms with E-state index in [1.165, 1.54) is 12.1 Å². The number of aldehydes is 1. The third-order valence-electron chi connectivity index (χ3n) is 1.56. The third kappa shape index (κ3) is 2.77. The van der Waals surface area contributed by atoms with Crippen LogP contribution in [0.3, 0.4) is 0 Å². The molecule has 3 heteroatoms. The lowest BCUT2D eigenvalue weighted by Crippen LogP contribution is -1.87. The van der Waals surface area contributed by atoms with E-state index < -0.39 is 5.82 Å². The molecule has 0 saturated heterocycles. The zero-order valence-corrected chi connectivity index (χ0v) is 8.42. The van der Waals surface area contributed by atoms with Gasteiger partial charge in [-0.25, -0.2) is 4.39 Å². The second-order valence-corrected chi connectivity index (χ2v) is 3.10. The highest BCUT2D eigenvalue weighted by molar-refractivity contribution is 9.09. The number of hydrogen-bond acceptors (Lipinski definition) is 1. The van der Waals surface area contributed by atoms with Crippen molar-refractivity contribution in [3.63, 3.8) is 0 Å². The molecule has 0 fully saturated rings. The summed E-state index contributed by atoms with van der Waals surface area (Å²) in [5.74, 6) is -0.391. The Bertz CT molecular complexity index is 334. The lowest BCUT2D eigenvalue weighted by molar-refractivity contribution is 0.112. The molecule has 0 aromatic heterocycles. The standard InChI is InChI=1S/C10H8BrFO/c11-5-1-2-8-3-4-10(12)6-9(8)7-13/h1-4,6-7H,5H2. The van der Waals surface area contributed by atoms with Gasteiger partial charge in [-0.1, -0.05) is 34.1 Å². The van der Waals surface area contributed by atoms with E-state index in [0.29, 0.717) is 17.2 Å². The van der Waals surface area contributed by atoms with Gasteiger partial charge >= 0.3 is 0 Å². The summed E-state index contributed by atoms with van der Waals surface area (Å²) in [6.45, 7) is 0. The number of benzene rings is 1. The van der Waals surface area contributed by atoms with Gasteiger partial charge in [0.25, 0.3) is 0 Å². The number of rotatable bonds is 3. The van der Waals surface area contributed by atoms with Crippen molar-refractivity contribution in [1.82, 2.24) is 0 Å². The first-order valence-electron chi connectivity index (χ1n) is 3.75. The number of carbonyl (C=O) groups is 1.